The highest BCUT2D eigenvalue weighted by Crippen LogP contribution is 2.37. The highest BCUT2D eigenvalue weighted by atomic mass is 19.3. The monoisotopic (exact) mass is 398 g/mol. The van der Waals surface area contributed by atoms with Crippen LogP contribution in [-0.2, 0) is 0 Å². The summed E-state index contributed by atoms with van der Waals surface area (Å²) in [6.07, 6.45) is 14.9. The molecule has 3 heteroatoms. The maximum atomic E-state index is 12.2. The molecule has 0 spiro atoms. The third-order valence-corrected chi connectivity index (χ3v) is 6.04. The molecule has 0 radical (unpaired) electrons. The van der Waals surface area contributed by atoms with Crippen LogP contribution in [0.1, 0.15) is 80.9 Å². The number of unbranched alkanes of at least 4 members (excludes halogenated alkanes) is 2. The van der Waals surface area contributed by atoms with E-state index in [1.165, 1.54) is 56.9 Å². The van der Waals surface area contributed by atoms with Gasteiger partial charge in [-0.25, -0.2) is 0 Å². The van der Waals surface area contributed by atoms with Crippen LogP contribution in [0.4, 0.5) is 8.78 Å². The summed E-state index contributed by atoms with van der Waals surface area (Å²) >= 11 is 0. The SMILES string of the molecule is CCCCCC1CCC(c2ccc(C=Cc3ccc(OC(F)F)cc3)cc2)CC1. The number of rotatable bonds is 9. The molecular weight excluding hydrogens is 366 g/mol. The number of ether oxygens (including phenoxy) is 1. The average molecular weight is 399 g/mol. The van der Waals surface area contributed by atoms with Gasteiger partial charge in [-0.05, 0) is 66.3 Å². The quantitative estimate of drug-likeness (QED) is 0.305. The minimum atomic E-state index is -2.79. The first kappa shape index (κ1) is 21.5. The van der Waals surface area contributed by atoms with Crippen LogP contribution in [0.2, 0.25) is 0 Å². The smallest absolute Gasteiger partial charge is 0.387 e. The maximum Gasteiger partial charge on any atom is 0.387 e. The van der Waals surface area contributed by atoms with Gasteiger partial charge in [0.1, 0.15) is 5.75 Å². The summed E-state index contributed by atoms with van der Waals surface area (Å²) in [6.45, 7) is -0.511. The van der Waals surface area contributed by atoms with Crippen LogP contribution in [0.15, 0.2) is 48.5 Å². The molecule has 29 heavy (non-hydrogen) atoms. The molecule has 0 bridgehead atoms. The fraction of sp³-hybridized carbons (Fsp3) is 0.462. The first-order valence-electron chi connectivity index (χ1n) is 11.0. The van der Waals surface area contributed by atoms with Crippen molar-refractivity contribution in [3.63, 3.8) is 0 Å². The van der Waals surface area contributed by atoms with Gasteiger partial charge in [-0.3, -0.25) is 0 Å². The van der Waals surface area contributed by atoms with E-state index in [1.54, 1.807) is 24.3 Å². The normalized spacial score (nSPS) is 19.7. The van der Waals surface area contributed by atoms with Crippen molar-refractivity contribution in [2.75, 3.05) is 0 Å². The molecule has 1 saturated carbocycles. The fourth-order valence-electron chi connectivity index (χ4n) is 4.30. The Labute approximate surface area is 173 Å². The molecule has 0 aromatic heterocycles. The molecule has 0 saturated heterocycles. The van der Waals surface area contributed by atoms with Crippen LogP contribution >= 0.6 is 0 Å². The van der Waals surface area contributed by atoms with Crippen molar-refractivity contribution in [3.05, 3.63) is 65.2 Å². The molecule has 1 aliphatic carbocycles. The van der Waals surface area contributed by atoms with E-state index in [1.807, 2.05) is 6.08 Å². The summed E-state index contributed by atoms with van der Waals surface area (Å²) < 4.78 is 28.8. The van der Waals surface area contributed by atoms with E-state index in [0.717, 1.165) is 17.0 Å². The van der Waals surface area contributed by atoms with Crippen LogP contribution in [-0.4, -0.2) is 6.61 Å². The molecular formula is C26H32F2O. The van der Waals surface area contributed by atoms with Gasteiger partial charge in [0.15, 0.2) is 0 Å². The van der Waals surface area contributed by atoms with Crippen LogP contribution < -0.4 is 4.74 Å². The molecule has 2 aromatic carbocycles. The Kier molecular flexibility index (Phi) is 8.27. The predicted molar refractivity (Wildman–Crippen MR) is 117 cm³/mol. The van der Waals surface area contributed by atoms with E-state index in [-0.39, 0.29) is 5.75 Å². The summed E-state index contributed by atoms with van der Waals surface area (Å²) in [6, 6.07) is 15.6. The molecule has 0 unspecified atom stereocenters. The van der Waals surface area contributed by atoms with Crippen molar-refractivity contribution >= 4 is 12.2 Å². The Morgan fingerprint density at radius 2 is 1.45 bits per heavy atom. The lowest BCUT2D eigenvalue weighted by Gasteiger charge is -2.29. The summed E-state index contributed by atoms with van der Waals surface area (Å²) in [4.78, 5) is 0. The predicted octanol–water partition coefficient (Wildman–Crippen LogP) is 8.31. The maximum absolute atomic E-state index is 12.2. The second-order valence-electron chi connectivity index (χ2n) is 8.16. The van der Waals surface area contributed by atoms with Crippen molar-refractivity contribution < 1.29 is 13.5 Å². The van der Waals surface area contributed by atoms with Gasteiger partial charge >= 0.3 is 6.61 Å². The molecule has 1 nitrogen and oxygen atoms in total. The second kappa shape index (κ2) is 11.1. The van der Waals surface area contributed by atoms with Crippen LogP contribution in [0.5, 0.6) is 5.75 Å². The molecule has 0 heterocycles. The lowest BCUT2D eigenvalue weighted by Crippen LogP contribution is -2.13. The molecule has 2 aromatic rings. The van der Waals surface area contributed by atoms with Crippen molar-refractivity contribution in [1.29, 1.82) is 0 Å². The minimum Gasteiger partial charge on any atom is -0.435 e. The first-order chi connectivity index (χ1) is 14.1. The van der Waals surface area contributed by atoms with Crippen molar-refractivity contribution in [2.24, 2.45) is 5.92 Å². The Morgan fingerprint density at radius 1 is 0.862 bits per heavy atom. The van der Waals surface area contributed by atoms with Gasteiger partial charge in [0.2, 0.25) is 0 Å². The van der Waals surface area contributed by atoms with E-state index < -0.39 is 6.61 Å². The number of halogens is 2. The molecule has 0 aliphatic heterocycles. The molecule has 1 fully saturated rings. The molecule has 0 atom stereocenters. The Hall–Kier alpha value is -2.16. The highest BCUT2D eigenvalue weighted by Gasteiger charge is 2.21. The Bertz CT molecular complexity index is 741. The standard InChI is InChI=1S/C26H32F2O/c1-2-3-4-5-20-8-14-23(15-9-20)24-16-10-21(11-17-24)6-7-22-12-18-25(19-13-22)29-26(27)28/h6-7,10-13,16-20,23,26H,2-5,8-9,14-15H2,1H3. The van der Waals surface area contributed by atoms with Crippen LogP contribution in [0.25, 0.3) is 12.2 Å². The Balaban J connectivity index is 1.49. The number of alkyl halides is 2. The topological polar surface area (TPSA) is 9.23 Å². The van der Waals surface area contributed by atoms with Gasteiger partial charge in [-0.1, -0.05) is 81.2 Å². The first-order valence-corrected chi connectivity index (χ1v) is 11.0. The largest absolute Gasteiger partial charge is 0.435 e. The minimum absolute atomic E-state index is 0.182. The lowest BCUT2D eigenvalue weighted by molar-refractivity contribution is -0.0498. The third kappa shape index (κ3) is 6.99. The highest BCUT2D eigenvalue weighted by molar-refractivity contribution is 5.69. The van der Waals surface area contributed by atoms with Gasteiger partial charge < -0.3 is 4.74 Å². The zero-order valence-electron chi connectivity index (χ0n) is 17.3. The summed E-state index contributed by atoms with van der Waals surface area (Å²) in [5.41, 5.74) is 3.56. The van der Waals surface area contributed by atoms with E-state index >= 15 is 0 Å². The van der Waals surface area contributed by atoms with Crippen molar-refractivity contribution in [3.8, 4) is 5.75 Å². The number of benzene rings is 2. The van der Waals surface area contributed by atoms with E-state index in [0.29, 0.717) is 5.92 Å². The fourth-order valence-corrected chi connectivity index (χ4v) is 4.30. The third-order valence-electron chi connectivity index (χ3n) is 6.04. The molecule has 0 N–H and O–H groups in total. The van der Waals surface area contributed by atoms with Gasteiger partial charge in [0, 0.05) is 0 Å². The Morgan fingerprint density at radius 3 is 2.00 bits per heavy atom. The van der Waals surface area contributed by atoms with E-state index in [4.69, 9.17) is 0 Å². The van der Waals surface area contributed by atoms with E-state index in [2.05, 4.69) is 42.0 Å². The van der Waals surface area contributed by atoms with Gasteiger partial charge in [0.05, 0.1) is 0 Å². The molecule has 156 valence electrons. The molecule has 1 aliphatic rings. The molecule has 0 amide bonds. The zero-order valence-corrected chi connectivity index (χ0v) is 17.3. The van der Waals surface area contributed by atoms with Crippen molar-refractivity contribution in [2.45, 2.75) is 70.8 Å². The summed E-state index contributed by atoms with van der Waals surface area (Å²) in [7, 11) is 0. The lowest BCUT2D eigenvalue weighted by atomic mass is 9.77. The van der Waals surface area contributed by atoms with Crippen molar-refractivity contribution in [1.82, 2.24) is 0 Å². The number of hydrogen-bond acceptors (Lipinski definition) is 1. The van der Waals surface area contributed by atoms with Crippen LogP contribution in [0, 0.1) is 5.92 Å². The van der Waals surface area contributed by atoms with Gasteiger partial charge in [0.25, 0.3) is 0 Å². The second-order valence-corrected chi connectivity index (χ2v) is 8.16. The average Bonchev–Trinajstić information content (AvgIpc) is 2.74. The van der Waals surface area contributed by atoms with E-state index in [9.17, 15) is 8.78 Å². The van der Waals surface area contributed by atoms with Gasteiger partial charge in [-0.15, -0.1) is 0 Å². The zero-order chi connectivity index (χ0) is 20.5. The number of hydrogen-bond donors (Lipinski definition) is 0. The summed E-state index contributed by atoms with van der Waals surface area (Å²) in [5.74, 6) is 1.83. The van der Waals surface area contributed by atoms with Crippen LogP contribution in [0.3, 0.4) is 0 Å². The molecule has 3 rings (SSSR count). The summed E-state index contributed by atoms with van der Waals surface area (Å²) in [5, 5.41) is 0. The van der Waals surface area contributed by atoms with Gasteiger partial charge in [-0.2, -0.15) is 8.78 Å².